The summed E-state index contributed by atoms with van der Waals surface area (Å²) in [7, 11) is 0. The number of hydrogen-bond acceptors (Lipinski definition) is 5. The molecule has 0 bridgehead atoms. The van der Waals surface area contributed by atoms with E-state index in [-0.39, 0.29) is 17.6 Å². The Hall–Kier alpha value is -3.00. The zero-order valence-corrected chi connectivity index (χ0v) is 16.9. The third-order valence-electron chi connectivity index (χ3n) is 5.18. The molecule has 154 valence electrons. The number of aromatic nitrogens is 1. The van der Waals surface area contributed by atoms with Crippen molar-refractivity contribution in [1.29, 1.82) is 0 Å². The van der Waals surface area contributed by atoms with Crippen molar-refractivity contribution in [2.45, 2.75) is 33.4 Å². The van der Waals surface area contributed by atoms with Crippen molar-refractivity contribution in [2.24, 2.45) is 0 Å². The standard InChI is InChI=1S/C21H26FN5O2/c1-15-7-8-19(11-23-15)27(14-28)24-20-6-4-5-18(21(20)22)13-25-9-10-26(17(3)29)12-16(25)2/h4-8,11,14,16,24H,9-10,12-13H2,1-3H3/t16-/m1/s1. The zero-order valence-electron chi connectivity index (χ0n) is 16.9. The van der Waals surface area contributed by atoms with E-state index in [1.165, 1.54) is 5.01 Å². The summed E-state index contributed by atoms with van der Waals surface area (Å²) in [5, 5.41) is 1.20. The molecule has 0 spiro atoms. The second-order valence-electron chi connectivity index (χ2n) is 7.31. The lowest BCUT2D eigenvalue weighted by atomic mass is 10.1. The molecule has 0 saturated carbocycles. The van der Waals surface area contributed by atoms with Gasteiger partial charge >= 0.3 is 0 Å². The molecule has 1 atom stereocenters. The van der Waals surface area contributed by atoms with E-state index in [0.717, 1.165) is 5.69 Å². The highest BCUT2D eigenvalue weighted by Gasteiger charge is 2.26. The fourth-order valence-corrected chi connectivity index (χ4v) is 3.41. The van der Waals surface area contributed by atoms with Crippen LogP contribution in [0.1, 0.15) is 25.1 Å². The normalized spacial score (nSPS) is 17.1. The largest absolute Gasteiger partial charge is 0.340 e. The number of benzene rings is 1. The van der Waals surface area contributed by atoms with Gasteiger partial charge in [0, 0.05) is 50.4 Å². The first kappa shape index (κ1) is 20.7. The molecule has 2 aromatic rings. The minimum atomic E-state index is -0.402. The van der Waals surface area contributed by atoms with Gasteiger partial charge in [0.15, 0.2) is 5.82 Å². The van der Waals surface area contributed by atoms with Crippen LogP contribution < -0.4 is 10.4 Å². The average Bonchev–Trinajstić information content (AvgIpc) is 2.70. The van der Waals surface area contributed by atoms with E-state index in [1.807, 2.05) is 18.7 Å². The van der Waals surface area contributed by atoms with E-state index in [1.54, 1.807) is 43.5 Å². The number of carbonyl (C=O) groups is 2. The van der Waals surface area contributed by atoms with E-state index in [2.05, 4.69) is 15.3 Å². The summed E-state index contributed by atoms with van der Waals surface area (Å²) in [6.07, 6.45) is 2.14. The van der Waals surface area contributed by atoms with Crippen molar-refractivity contribution in [3.8, 4) is 0 Å². The molecule has 3 rings (SSSR count). The first-order valence-electron chi connectivity index (χ1n) is 9.60. The molecule has 0 unspecified atom stereocenters. The highest BCUT2D eigenvalue weighted by atomic mass is 19.1. The number of anilines is 2. The van der Waals surface area contributed by atoms with E-state index in [4.69, 9.17) is 0 Å². The zero-order chi connectivity index (χ0) is 21.0. The minimum Gasteiger partial charge on any atom is -0.340 e. The van der Waals surface area contributed by atoms with Crippen LogP contribution in [-0.4, -0.2) is 52.8 Å². The molecule has 1 saturated heterocycles. The maximum atomic E-state index is 15.1. The molecule has 1 aliphatic heterocycles. The number of aryl methyl sites for hydroxylation is 1. The predicted octanol–water partition coefficient (Wildman–Crippen LogP) is 2.57. The van der Waals surface area contributed by atoms with Gasteiger partial charge in [0.1, 0.15) is 0 Å². The van der Waals surface area contributed by atoms with Crippen molar-refractivity contribution >= 4 is 23.7 Å². The number of carbonyl (C=O) groups excluding carboxylic acids is 2. The van der Waals surface area contributed by atoms with Crippen LogP contribution in [0.15, 0.2) is 36.5 Å². The van der Waals surface area contributed by atoms with Gasteiger partial charge in [-0.05, 0) is 32.0 Å². The number of hydrazine groups is 1. The van der Waals surface area contributed by atoms with Crippen molar-refractivity contribution in [3.63, 3.8) is 0 Å². The second-order valence-corrected chi connectivity index (χ2v) is 7.31. The van der Waals surface area contributed by atoms with Gasteiger partial charge in [-0.2, -0.15) is 0 Å². The van der Waals surface area contributed by atoms with Gasteiger partial charge in [-0.25, -0.2) is 9.40 Å². The van der Waals surface area contributed by atoms with Gasteiger partial charge in [0.2, 0.25) is 12.3 Å². The molecule has 1 aromatic carbocycles. The molecule has 29 heavy (non-hydrogen) atoms. The first-order valence-corrected chi connectivity index (χ1v) is 9.60. The van der Waals surface area contributed by atoms with Crippen LogP contribution in [0.4, 0.5) is 15.8 Å². The molecular formula is C21H26FN5O2. The number of rotatable bonds is 6. The Morgan fingerprint density at radius 3 is 2.76 bits per heavy atom. The Kier molecular flexibility index (Phi) is 6.43. The van der Waals surface area contributed by atoms with Crippen LogP contribution in [-0.2, 0) is 16.1 Å². The van der Waals surface area contributed by atoms with Crippen molar-refractivity contribution < 1.29 is 14.0 Å². The Morgan fingerprint density at radius 1 is 1.34 bits per heavy atom. The molecule has 1 fully saturated rings. The van der Waals surface area contributed by atoms with E-state index in [9.17, 15) is 9.59 Å². The SMILES string of the molecule is CC(=O)N1CCN(Cc2cccc(NN(C=O)c3ccc(C)nc3)c2F)[C@H](C)C1. The summed E-state index contributed by atoms with van der Waals surface area (Å²) < 4.78 is 15.1. The fraction of sp³-hybridized carbons (Fsp3) is 0.381. The quantitative estimate of drug-likeness (QED) is 0.597. The van der Waals surface area contributed by atoms with Crippen LogP contribution in [0.25, 0.3) is 0 Å². The lowest BCUT2D eigenvalue weighted by Crippen LogP contribution is -2.52. The number of hydrogen-bond donors (Lipinski definition) is 1. The molecule has 8 heteroatoms. The van der Waals surface area contributed by atoms with E-state index < -0.39 is 5.82 Å². The van der Waals surface area contributed by atoms with Crippen molar-refractivity contribution in [2.75, 3.05) is 30.1 Å². The van der Waals surface area contributed by atoms with Crippen LogP contribution in [0.2, 0.25) is 0 Å². The Balaban J connectivity index is 1.73. The third-order valence-corrected chi connectivity index (χ3v) is 5.18. The molecule has 2 heterocycles. The number of pyridine rings is 1. The summed E-state index contributed by atoms with van der Waals surface area (Å²) >= 11 is 0. The number of nitrogens with one attached hydrogen (secondary N) is 1. The molecule has 1 aromatic heterocycles. The van der Waals surface area contributed by atoms with Crippen molar-refractivity contribution in [1.82, 2.24) is 14.8 Å². The smallest absolute Gasteiger partial charge is 0.232 e. The number of halogens is 1. The van der Waals surface area contributed by atoms with Gasteiger partial charge in [-0.3, -0.25) is 24.9 Å². The molecule has 7 nitrogen and oxygen atoms in total. The van der Waals surface area contributed by atoms with Crippen LogP contribution >= 0.6 is 0 Å². The number of nitrogens with zero attached hydrogens (tertiary/aromatic N) is 4. The molecule has 1 aliphatic rings. The second kappa shape index (κ2) is 9.00. The monoisotopic (exact) mass is 399 g/mol. The lowest BCUT2D eigenvalue weighted by Gasteiger charge is -2.39. The maximum Gasteiger partial charge on any atom is 0.232 e. The van der Waals surface area contributed by atoms with E-state index >= 15 is 4.39 Å². The topological polar surface area (TPSA) is 68.8 Å². The lowest BCUT2D eigenvalue weighted by molar-refractivity contribution is -0.131. The van der Waals surface area contributed by atoms with Gasteiger partial charge in [-0.15, -0.1) is 0 Å². The molecule has 2 amide bonds. The van der Waals surface area contributed by atoms with Crippen LogP contribution in [0, 0.1) is 12.7 Å². The Bertz CT molecular complexity index is 874. The highest BCUT2D eigenvalue weighted by molar-refractivity contribution is 5.78. The molecule has 0 aliphatic carbocycles. The number of piperazine rings is 1. The van der Waals surface area contributed by atoms with Gasteiger partial charge in [-0.1, -0.05) is 12.1 Å². The van der Waals surface area contributed by atoms with Crippen LogP contribution in [0.3, 0.4) is 0 Å². The maximum absolute atomic E-state index is 15.1. The predicted molar refractivity (Wildman–Crippen MR) is 110 cm³/mol. The average molecular weight is 399 g/mol. The third kappa shape index (κ3) is 4.89. The van der Waals surface area contributed by atoms with Crippen molar-refractivity contribution in [3.05, 3.63) is 53.6 Å². The molecular weight excluding hydrogens is 373 g/mol. The Labute approximate surface area is 170 Å². The van der Waals surface area contributed by atoms with Crippen LogP contribution in [0.5, 0.6) is 0 Å². The summed E-state index contributed by atoms with van der Waals surface area (Å²) in [5.74, 6) is -0.339. The Morgan fingerprint density at radius 2 is 2.14 bits per heavy atom. The molecule has 1 N–H and O–H groups in total. The van der Waals surface area contributed by atoms with Gasteiger partial charge in [0.25, 0.3) is 0 Å². The summed E-state index contributed by atoms with van der Waals surface area (Å²) in [4.78, 5) is 31.2. The van der Waals surface area contributed by atoms with E-state index in [0.29, 0.717) is 43.8 Å². The summed E-state index contributed by atoms with van der Waals surface area (Å²) in [6, 6.07) is 8.74. The number of amides is 2. The minimum absolute atomic E-state index is 0.0634. The fourth-order valence-electron chi connectivity index (χ4n) is 3.41. The first-order chi connectivity index (χ1) is 13.9. The van der Waals surface area contributed by atoms with Gasteiger partial charge < -0.3 is 4.90 Å². The summed E-state index contributed by atoms with van der Waals surface area (Å²) in [6.45, 7) is 7.84. The van der Waals surface area contributed by atoms with Gasteiger partial charge in [0.05, 0.1) is 17.6 Å². The summed E-state index contributed by atoms with van der Waals surface area (Å²) in [5.41, 5.74) is 4.91. The molecule has 0 radical (unpaired) electrons. The highest BCUT2D eigenvalue weighted by Crippen LogP contribution is 2.23.